The Hall–Kier alpha value is -1.37. The summed E-state index contributed by atoms with van der Waals surface area (Å²) in [6.45, 7) is 3.96. The molecule has 3 saturated carbocycles. The van der Waals surface area contributed by atoms with E-state index in [4.69, 9.17) is 8.17 Å². The van der Waals surface area contributed by atoms with E-state index in [2.05, 4.69) is 4.98 Å². The van der Waals surface area contributed by atoms with Crippen molar-refractivity contribution in [2.24, 2.45) is 0 Å². The quantitative estimate of drug-likeness (QED) is 0.323. The minimum absolute atomic E-state index is 0.0558. The van der Waals surface area contributed by atoms with Crippen LogP contribution in [0, 0.1) is 13.8 Å². The molecule has 0 aromatic carbocycles. The summed E-state index contributed by atoms with van der Waals surface area (Å²) in [5.41, 5.74) is 2.33. The molecule has 0 amide bonds. The van der Waals surface area contributed by atoms with Gasteiger partial charge in [-0.05, 0) is 0 Å². The van der Waals surface area contributed by atoms with E-state index in [-0.39, 0.29) is 5.97 Å². The molecule has 2 aromatic rings. The van der Waals surface area contributed by atoms with Crippen LogP contribution in [0.25, 0.3) is 5.82 Å². The minimum atomic E-state index is -3.40. The van der Waals surface area contributed by atoms with Crippen molar-refractivity contribution in [1.82, 2.24) is 14.8 Å². The molecule has 0 N–H and O–H groups in total. The molecule has 2 aromatic heterocycles. The number of rotatable bonds is 6. The van der Waals surface area contributed by atoms with Crippen molar-refractivity contribution in [3.8, 4) is 5.82 Å². The molecule has 35 heavy (non-hydrogen) atoms. The molecule has 0 radical (unpaired) electrons. The zero-order valence-corrected chi connectivity index (χ0v) is 24.7. The third kappa shape index (κ3) is 5.08. The van der Waals surface area contributed by atoms with E-state index in [1.165, 1.54) is 96.3 Å². The number of nitrogens with zero attached hydrogens (tertiary/aromatic N) is 3. The van der Waals surface area contributed by atoms with Crippen LogP contribution in [0.15, 0.2) is 24.4 Å². The number of hydrogen-bond acceptors (Lipinski definition) is 4. The zero-order valence-electron chi connectivity index (χ0n) is 21.8. The SMILES string of the molecule is Cc1nn(-c2ccccn2)c(C)c1C(=O)[O][Sn]([CH]1CCCCC1)([CH]1CCCCC1)[CH]1CCCCC1. The Morgan fingerprint density at radius 1 is 0.829 bits per heavy atom. The fourth-order valence-corrected chi connectivity index (χ4v) is 27.3. The topological polar surface area (TPSA) is 57.0 Å². The van der Waals surface area contributed by atoms with Crippen LogP contribution in [0.1, 0.15) is 118 Å². The van der Waals surface area contributed by atoms with Crippen molar-refractivity contribution in [2.75, 3.05) is 0 Å². The predicted molar refractivity (Wildman–Crippen MR) is 143 cm³/mol. The van der Waals surface area contributed by atoms with Crippen molar-refractivity contribution in [3.63, 3.8) is 0 Å². The summed E-state index contributed by atoms with van der Waals surface area (Å²) in [4.78, 5) is 18.7. The second-order valence-electron chi connectivity index (χ2n) is 11.4. The van der Waals surface area contributed by atoms with E-state index >= 15 is 0 Å². The van der Waals surface area contributed by atoms with E-state index < -0.39 is 18.8 Å². The second kappa shape index (κ2) is 11.3. The van der Waals surface area contributed by atoms with E-state index in [9.17, 15) is 4.79 Å². The van der Waals surface area contributed by atoms with Gasteiger partial charge in [0.15, 0.2) is 0 Å². The first-order valence-electron chi connectivity index (χ1n) is 14.3. The van der Waals surface area contributed by atoms with Gasteiger partial charge < -0.3 is 0 Å². The van der Waals surface area contributed by atoms with Gasteiger partial charge in [0.25, 0.3) is 0 Å². The van der Waals surface area contributed by atoms with Crippen molar-refractivity contribution in [2.45, 2.75) is 122 Å². The van der Waals surface area contributed by atoms with Crippen LogP contribution in [-0.4, -0.2) is 39.5 Å². The Balaban J connectivity index is 1.54. The third-order valence-electron chi connectivity index (χ3n) is 9.36. The van der Waals surface area contributed by atoms with Crippen molar-refractivity contribution in [1.29, 1.82) is 0 Å². The van der Waals surface area contributed by atoms with Crippen molar-refractivity contribution in [3.05, 3.63) is 41.3 Å². The predicted octanol–water partition coefficient (Wildman–Crippen LogP) is 7.99. The zero-order chi connectivity index (χ0) is 24.3. The molecule has 3 fully saturated rings. The van der Waals surface area contributed by atoms with Gasteiger partial charge in [-0.15, -0.1) is 0 Å². The van der Waals surface area contributed by atoms with Crippen LogP contribution in [0.4, 0.5) is 0 Å². The van der Waals surface area contributed by atoms with Gasteiger partial charge in [0.05, 0.1) is 0 Å². The molecular weight excluding hydrogens is 541 g/mol. The molecule has 3 aliphatic carbocycles. The molecule has 6 heteroatoms. The van der Waals surface area contributed by atoms with Gasteiger partial charge in [-0.2, -0.15) is 0 Å². The first kappa shape index (κ1) is 25.3. The van der Waals surface area contributed by atoms with Gasteiger partial charge in [0.2, 0.25) is 0 Å². The van der Waals surface area contributed by atoms with Gasteiger partial charge in [-0.3, -0.25) is 0 Å². The third-order valence-corrected chi connectivity index (χ3v) is 26.8. The molecule has 5 nitrogen and oxygen atoms in total. The molecule has 2 heterocycles. The molecule has 0 atom stereocenters. The second-order valence-corrected chi connectivity index (χ2v) is 23.8. The molecule has 0 bridgehead atoms. The Morgan fingerprint density at radius 3 is 1.80 bits per heavy atom. The molecular formula is C29H43N3O2Sn. The van der Waals surface area contributed by atoms with Gasteiger partial charge in [0, 0.05) is 0 Å². The van der Waals surface area contributed by atoms with Gasteiger partial charge in [-0.25, -0.2) is 0 Å². The molecule has 3 aliphatic rings. The number of aryl methyl sites for hydroxylation is 1. The molecule has 0 aliphatic heterocycles. The monoisotopic (exact) mass is 585 g/mol. The van der Waals surface area contributed by atoms with E-state index in [1.807, 2.05) is 36.7 Å². The molecule has 190 valence electrons. The number of hydrogen-bond donors (Lipinski definition) is 0. The summed E-state index contributed by atoms with van der Waals surface area (Å²) in [5.74, 6) is 0.702. The molecule has 0 unspecified atom stereocenters. The number of carbonyl (C=O) groups excluding carboxylic acids is 1. The maximum absolute atomic E-state index is 14.2. The van der Waals surface area contributed by atoms with Crippen LogP contribution < -0.4 is 0 Å². The number of carbonyl (C=O) groups is 1. The summed E-state index contributed by atoms with van der Waals surface area (Å²) < 4.78 is 11.2. The van der Waals surface area contributed by atoms with Crippen molar-refractivity contribution >= 4 is 24.8 Å². The van der Waals surface area contributed by atoms with E-state index in [0.717, 1.165) is 17.2 Å². The molecule has 5 rings (SSSR count). The molecule has 0 saturated heterocycles. The van der Waals surface area contributed by atoms with Crippen LogP contribution >= 0.6 is 0 Å². The fraction of sp³-hybridized carbons (Fsp3) is 0.690. The average Bonchev–Trinajstić information content (AvgIpc) is 3.23. The number of pyridine rings is 1. The standard InChI is InChI=1S/C11H11N3O2.3C6H11.Sn/c1-7-10(11(15)16)8(2)14(13-7)9-5-3-4-6-12-9;3*1-2-4-6-5-3-1;/h3-6H,1-2H3,(H,15,16);3*1H,2-6H2;/q;;;;+1/p-1. The van der Waals surface area contributed by atoms with Crippen LogP contribution in [0.3, 0.4) is 0 Å². The van der Waals surface area contributed by atoms with Crippen LogP contribution in [-0.2, 0) is 3.07 Å². The summed E-state index contributed by atoms with van der Waals surface area (Å²) in [5, 5.41) is 4.75. The average molecular weight is 584 g/mol. The van der Waals surface area contributed by atoms with Crippen molar-refractivity contribution < 1.29 is 7.87 Å². The van der Waals surface area contributed by atoms with Crippen LogP contribution in [0.2, 0.25) is 11.8 Å². The van der Waals surface area contributed by atoms with Crippen LogP contribution in [0.5, 0.6) is 0 Å². The maximum atomic E-state index is 14.2. The van der Waals surface area contributed by atoms with Gasteiger partial charge in [-0.1, -0.05) is 0 Å². The van der Waals surface area contributed by atoms with Gasteiger partial charge >= 0.3 is 217 Å². The Kier molecular flexibility index (Phi) is 8.20. The Morgan fingerprint density at radius 2 is 1.34 bits per heavy atom. The van der Waals surface area contributed by atoms with Gasteiger partial charge in [0.1, 0.15) is 0 Å². The Labute approximate surface area is 215 Å². The first-order valence-corrected chi connectivity index (χ1v) is 20.4. The summed E-state index contributed by atoms with van der Waals surface area (Å²) in [6.07, 6.45) is 21.7. The molecule has 0 spiro atoms. The Bertz CT molecular complexity index is 941. The normalized spacial score (nSPS) is 21.2. The van der Waals surface area contributed by atoms with E-state index in [1.54, 1.807) is 6.20 Å². The summed E-state index contributed by atoms with van der Waals surface area (Å²) in [6, 6.07) is 5.82. The first-order chi connectivity index (χ1) is 17.1. The summed E-state index contributed by atoms with van der Waals surface area (Å²) in [7, 11) is 0. The van der Waals surface area contributed by atoms with E-state index in [0.29, 0.717) is 17.4 Å². The fourth-order valence-electron chi connectivity index (χ4n) is 7.76. The summed E-state index contributed by atoms with van der Waals surface area (Å²) >= 11 is -3.40. The number of aromatic nitrogens is 3.